The van der Waals surface area contributed by atoms with Gasteiger partial charge in [-0.2, -0.15) is 4.98 Å². The number of nitrogens with zero attached hydrogens (tertiary/aromatic N) is 4. The zero-order valence-corrected chi connectivity index (χ0v) is 12.6. The Balaban J connectivity index is 1.70. The van der Waals surface area contributed by atoms with E-state index in [1.807, 2.05) is 0 Å². The molecule has 0 saturated carbocycles. The molecule has 2 aromatic heterocycles. The molecule has 1 fully saturated rings. The van der Waals surface area contributed by atoms with Crippen molar-refractivity contribution in [2.45, 2.75) is 38.8 Å². The molecule has 0 unspecified atom stereocenters. The first kappa shape index (κ1) is 14.5. The van der Waals surface area contributed by atoms with Crippen molar-refractivity contribution in [2.24, 2.45) is 0 Å². The molecule has 0 N–H and O–H groups in total. The summed E-state index contributed by atoms with van der Waals surface area (Å²) in [5.41, 5.74) is 0. The Morgan fingerprint density at radius 3 is 3.09 bits per heavy atom. The minimum absolute atomic E-state index is 0.0752. The van der Waals surface area contributed by atoms with Gasteiger partial charge in [0.25, 0.3) is 5.91 Å². The van der Waals surface area contributed by atoms with Gasteiger partial charge in [-0.15, -0.1) is 0 Å². The van der Waals surface area contributed by atoms with E-state index in [-0.39, 0.29) is 11.9 Å². The molecule has 0 aliphatic carbocycles. The van der Waals surface area contributed by atoms with Gasteiger partial charge in [0.2, 0.25) is 5.89 Å². The second kappa shape index (κ2) is 6.13. The molecule has 2 atom stereocenters. The zero-order chi connectivity index (χ0) is 15.5. The Morgan fingerprint density at radius 1 is 1.55 bits per heavy atom. The Hall–Kier alpha value is -2.44. The van der Waals surface area contributed by atoms with Crippen LogP contribution in [0.2, 0.25) is 0 Å². The van der Waals surface area contributed by atoms with Gasteiger partial charge < -0.3 is 14.2 Å². The second-order valence-corrected chi connectivity index (χ2v) is 5.31. The molecule has 0 spiro atoms. The number of hydrogen-bond acceptors (Lipinski definition) is 6. The molecule has 1 amide bonds. The molecule has 2 aromatic rings. The third kappa shape index (κ3) is 2.93. The van der Waals surface area contributed by atoms with Crippen LogP contribution in [0.1, 0.15) is 37.5 Å². The van der Waals surface area contributed by atoms with Crippen LogP contribution in [0.15, 0.2) is 29.0 Å². The van der Waals surface area contributed by atoms with Crippen LogP contribution >= 0.6 is 0 Å². The Kier molecular flexibility index (Phi) is 4.04. The molecule has 116 valence electrons. The van der Waals surface area contributed by atoms with Crippen LogP contribution in [-0.4, -0.2) is 38.6 Å². The highest BCUT2D eigenvalue weighted by Gasteiger charge is 2.35. The monoisotopic (exact) mass is 302 g/mol. The van der Waals surface area contributed by atoms with Crippen molar-refractivity contribution < 1.29 is 14.1 Å². The first-order valence-corrected chi connectivity index (χ1v) is 7.32. The summed E-state index contributed by atoms with van der Waals surface area (Å²) in [5, 5.41) is 3.94. The maximum absolute atomic E-state index is 12.6. The topological polar surface area (TPSA) is 81.4 Å². The molecular formula is C15H18N4O3. The smallest absolute Gasteiger partial charge is 0.263 e. The van der Waals surface area contributed by atoms with Crippen LogP contribution in [0.25, 0.3) is 0 Å². The molecule has 1 saturated heterocycles. The fraction of sp³-hybridized carbons (Fsp3) is 0.467. The summed E-state index contributed by atoms with van der Waals surface area (Å²) in [4.78, 5) is 22.6. The summed E-state index contributed by atoms with van der Waals surface area (Å²) >= 11 is 0. The van der Waals surface area contributed by atoms with Gasteiger partial charge in [-0.1, -0.05) is 5.16 Å². The molecule has 7 nitrogen and oxygen atoms in total. The van der Waals surface area contributed by atoms with E-state index in [4.69, 9.17) is 9.26 Å². The highest BCUT2D eigenvalue weighted by molar-refractivity contribution is 5.81. The van der Waals surface area contributed by atoms with Crippen LogP contribution in [-0.2, 0) is 4.79 Å². The fourth-order valence-corrected chi connectivity index (χ4v) is 2.65. The highest BCUT2D eigenvalue weighted by atomic mass is 16.5. The number of aromatic nitrogens is 3. The first-order valence-electron chi connectivity index (χ1n) is 7.32. The van der Waals surface area contributed by atoms with E-state index in [1.54, 1.807) is 43.3 Å². The molecule has 0 radical (unpaired) electrons. The van der Waals surface area contributed by atoms with Gasteiger partial charge in [0, 0.05) is 19.7 Å². The van der Waals surface area contributed by atoms with Crippen LogP contribution in [0.3, 0.4) is 0 Å². The van der Waals surface area contributed by atoms with Gasteiger partial charge in [-0.3, -0.25) is 9.78 Å². The fourth-order valence-electron chi connectivity index (χ4n) is 2.65. The van der Waals surface area contributed by atoms with E-state index < -0.39 is 6.10 Å². The molecule has 1 aliphatic rings. The third-order valence-corrected chi connectivity index (χ3v) is 3.67. The molecule has 0 aromatic carbocycles. The summed E-state index contributed by atoms with van der Waals surface area (Å²) in [6.07, 6.45) is 4.42. The summed E-state index contributed by atoms with van der Waals surface area (Å²) in [6, 6.07) is 3.42. The molecule has 0 bridgehead atoms. The number of amides is 1. The largest absolute Gasteiger partial charge is 0.479 e. The summed E-state index contributed by atoms with van der Waals surface area (Å²) < 4.78 is 10.7. The molecule has 1 aliphatic heterocycles. The third-order valence-electron chi connectivity index (χ3n) is 3.67. The van der Waals surface area contributed by atoms with E-state index in [9.17, 15) is 4.79 Å². The van der Waals surface area contributed by atoms with Crippen molar-refractivity contribution in [3.05, 3.63) is 36.2 Å². The lowest BCUT2D eigenvalue weighted by Crippen LogP contribution is -2.40. The number of pyridine rings is 1. The Bertz CT molecular complexity index is 643. The molecule has 7 heteroatoms. The van der Waals surface area contributed by atoms with Gasteiger partial charge in [0.05, 0.1) is 12.2 Å². The quantitative estimate of drug-likeness (QED) is 0.858. The number of carbonyl (C=O) groups excluding carboxylic acids is 1. The minimum Gasteiger partial charge on any atom is -0.479 e. The number of ether oxygens (including phenoxy) is 1. The molecular weight excluding hydrogens is 284 g/mol. The van der Waals surface area contributed by atoms with Crippen LogP contribution in [0, 0.1) is 6.92 Å². The van der Waals surface area contributed by atoms with Crippen molar-refractivity contribution in [3.8, 4) is 5.75 Å². The van der Waals surface area contributed by atoms with Crippen molar-refractivity contribution in [1.82, 2.24) is 20.0 Å². The van der Waals surface area contributed by atoms with Gasteiger partial charge in [0.15, 0.2) is 11.9 Å². The van der Waals surface area contributed by atoms with Gasteiger partial charge >= 0.3 is 0 Å². The van der Waals surface area contributed by atoms with Crippen LogP contribution < -0.4 is 4.74 Å². The van der Waals surface area contributed by atoms with Crippen molar-refractivity contribution in [3.63, 3.8) is 0 Å². The number of carbonyl (C=O) groups is 1. The summed E-state index contributed by atoms with van der Waals surface area (Å²) in [6.45, 7) is 4.16. The van der Waals surface area contributed by atoms with E-state index in [2.05, 4.69) is 15.1 Å². The number of likely N-dealkylation sites (tertiary alicyclic amines) is 1. The minimum atomic E-state index is -0.585. The zero-order valence-electron chi connectivity index (χ0n) is 12.6. The van der Waals surface area contributed by atoms with Crippen LogP contribution in [0.5, 0.6) is 5.75 Å². The van der Waals surface area contributed by atoms with Crippen LogP contribution in [0.4, 0.5) is 0 Å². The van der Waals surface area contributed by atoms with E-state index in [0.29, 0.717) is 24.0 Å². The predicted octanol–water partition coefficient (Wildman–Crippen LogP) is 1.90. The van der Waals surface area contributed by atoms with E-state index in [1.165, 1.54) is 0 Å². The number of hydrogen-bond donors (Lipinski definition) is 0. The van der Waals surface area contributed by atoms with Gasteiger partial charge in [0.1, 0.15) is 5.75 Å². The lowest BCUT2D eigenvalue weighted by molar-refractivity contribution is -0.139. The van der Waals surface area contributed by atoms with E-state index in [0.717, 1.165) is 12.8 Å². The number of rotatable bonds is 4. The van der Waals surface area contributed by atoms with Crippen molar-refractivity contribution in [2.75, 3.05) is 6.54 Å². The lowest BCUT2D eigenvalue weighted by atomic mass is 10.2. The SMILES string of the molecule is Cc1nc([C@H]2CCCN2C(=O)[C@H](C)Oc2cccnc2)no1. The van der Waals surface area contributed by atoms with Gasteiger partial charge in [-0.05, 0) is 31.9 Å². The molecule has 3 heterocycles. The Morgan fingerprint density at radius 2 is 2.41 bits per heavy atom. The van der Waals surface area contributed by atoms with Gasteiger partial charge in [-0.25, -0.2) is 0 Å². The molecule has 3 rings (SSSR count). The lowest BCUT2D eigenvalue weighted by Gasteiger charge is -2.25. The Labute approximate surface area is 128 Å². The summed E-state index contributed by atoms with van der Waals surface area (Å²) in [5.74, 6) is 1.58. The normalized spacial score (nSPS) is 19.2. The maximum atomic E-state index is 12.6. The first-order chi connectivity index (χ1) is 10.6. The standard InChI is InChI=1S/C15H18N4O3/c1-10(21-12-5-3-7-16-9-12)15(20)19-8-4-6-13(19)14-17-11(2)22-18-14/h3,5,7,9-10,13H,4,6,8H2,1-2H3/t10-,13+/m0/s1. The second-order valence-electron chi connectivity index (χ2n) is 5.31. The average Bonchev–Trinajstić information content (AvgIpc) is 3.15. The predicted molar refractivity (Wildman–Crippen MR) is 77.1 cm³/mol. The van der Waals surface area contributed by atoms with Crippen molar-refractivity contribution >= 4 is 5.91 Å². The molecule has 22 heavy (non-hydrogen) atoms. The van der Waals surface area contributed by atoms with Crippen molar-refractivity contribution in [1.29, 1.82) is 0 Å². The highest BCUT2D eigenvalue weighted by Crippen LogP contribution is 2.31. The van der Waals surface area contributed by atoms with E-state index >= 15 is 0 Å². The summed E-state index contributed by atoms with van der Waals surface area (Å²) in [7, 11) is 0. The number of aryl methyl sites for hydroxylation is 1. The maximum Gasteiger partial charge on any atom is 0.263 e. The average molecular weight is 302 g/mol.